The molecule has 0 saturated carbocycles. The molecule has 92 valence electrons. The van der Waals surface area contributed by atoms with Gasteiger partial charge < -0.3 is 15.7 Å². The van der Waals surface area contributed by atoms with E-state index in [-0.39, 0.29) is 25.1 Å². The predicted octanol–water partition coefficient (Wildman–Crippen LogP) is 2.21. The van der Waals surface area contributed by atoms with Crippen molar-refractivity contribution in [2.75, 3.05) is 25.6 Å². The lowest BCUT2D eigenvalue weighted by atomic mass is 10.0. The molecule has 5 heteroatoms. The quantitative estimate of drug-likeness (QED) is 0.877. The highest BCUT2D eigenvalue weighted by Crippen LogP contribution is 2.27. The van der Waals surface area contributed by atoms with Crippen molar-refractivity contribution < 1.29 is 5.11 Å². The van der Waals surface area contributed by atoms with Gasteiger partial charge in [0.15, 0.2) is 0 Å². The van der Waals surface area contributed by atoms with Crippen LogP contribution in [-0.4, -0.2) is 25.8 Å². The van der Waals surface area contributed by atoms with E-state index in [4.69, 9.17) is 22.4 Å². The van der Waals surface area contributed by atoms with Gasteiger partial charge in [-0.05, 0) is 24.1 Å². The van der Waals surface area contributed by atoms with Crippen LogP contribution < -0.4 is 10.6 Å². The second-order valence-corrected chi connectivity index (χ2v) is 4.13. The fraction of sp³-hybridized carbons (Fsp3) is 0.455. The Labute approximate surface area is 108 Å². The van der Waals surface area contributed by atoms with Crippen LogP contribution in [0.3, 0.4) is 0 Å². The zero-order chi connectivity index (χ0) is 11.4. The summed E-state index contributed by atoms with van der Waals surface area (Å²) in [6, 6.07) is 5.57. The summed E-state index contributed by atoms with van der Waals surface area (Å²) in [4.78, 5) is 1.98. The summed E-state index contributed by atoms with van der Waals surface area (Å²) in [6.07, 6.45) is 0.529. The molecule has 16 heavy (non-hydrogen) atoms. The highest BCUT2D eigenvalue weighted by molar-refractivity contribution is 6.31. The molecule has 0 amide bonds. The van der Waals surface area contributed by atoms with Crippen molar-refractivity contribution >= 4 is 29.7 Å². The highest BCUT2D eigenvalue weighted by atomic mass is 35.5. The van der Waals surface area contributed by atoms with Crippen molar-refractivity contribution in [1.29, 1.82) is 0 Å². The van der Waals surface area contributed by atoms with Gasteiger partial charge in [0.05, 0.1) is 0 Å². The molecule has 0 bridgehead atoms. The second kappa shape index (κ2) is 6.97. The van der Waals surface area contributed by atoms with E-state index in [0.717, 1.165) is 11.3 Å². The fourth-order valence-corrected chi connectivity index (χ4v) is 1.70. The minimum absolute atomic E-state index is 0. The van der Waals surface area contributed by atoms with E-state index in [1.54, 1.807) is 0 Å². The molecule has 0 saturated heterocycles. The van der Waals surface area contributed by atoms with E-state index in [2.05, 4.69) is 0 Å². The van der Waals surface area contributed by atoms with E-state index in [1.165, 1.54) is 0 Å². The van der Waals surface area contributed by atoms with Crippen LogP contribution in [0.4, 0.5) is 5.69 Å². The first-order valence-electron chi connectivity index (χ1n) is 4.89. The number of aliphatic hydroxyl groups is 1. The number of nitrogens with two attached hydrogens (primary N) is 1. The second-order valence-electron chi connectivity index (χ2n) is 3.72. The molecule has 3 N–H and O–H groups in total. The van der Waals surface area contributed by atoms with Crippen LogP contribution >= 0.6 is 24.0 Å². The summed E-state index contributed by atoms with van der Waals surface area (Å²) in [6.45, 7) is 0.0763. The minimum atomic E-state index is -0.196. The first-order valence-corrected chi connectivity index (χ1v) is 5.27. The number of benzene rings is 1. The number of rotatable bonds is 4. The molecule has 0 aliphatic heterocycles. The maximum Gasteiger partial charge on any atom is 0.0474 e. The summed E-state index contributed by atoms with van der Waals surface area (Å²) in [5, 5.41) is 9.46. The minimum Gasteiger partial charge on any atom is -0.396 e. The smallest absolute Gasteiger partial charge is 0.0474 e. The van der Waals surface area contributed by atoms with Crippen molar-refractivity contribution in [3.8, 4) is 0 Å². The summed E-state index contributed by atoms with van der Waals surface area (Å²) in [7, 11) is 3.91. The molecule has 1 rings (SSSR count). The van der Waals surface area contributed by atoms with Gasteiger partial charge in [-0.1, -0.05) is 17.7 Å². The van der Waals surface area contributed by atoms with Gasteiger partial charge in [-0.25, -0.2) is 0 Å². The molecule has 1 atom stereocenters. The predicted molar refractivity (Wildman–Crippen MR) is 71.7 cm³/mol. The van der Waals surface area contributed by atoms with Crippen molar-refractivity contribution in [2.24, 2.45) is 5.73 Å². The zero-order valence-electron chi connectivity index (χ0n) is 9.48. The summed E-state index contributed by atoms with van der Waals surface area (Å²) >= 11 is 6.12. The molecule has 3 nitrogen and oxygen atoms in total. The van der Waals surface area contributed by atoms with E-state index >= 15 is 0 Å². The van der Waals surface area contributed by atoms with Gasteiger partial charge in [-0.3, -0.25) is 0 Å². The number of anilines is 1. The van der Waals surface area contributed by atoms with E-state index in [0.29, 0.717) is 11.4 Å². The van der Waals surface area contributed by atoms with Crippen LogP contribution in [0, 0.1) is 0 Å². The molecule has 0 unspecified atom stereocenters. The first-order chi connectivity index (χ1) is 7.06. The molecule has 0 heterocycles. The molecule has 0 radical (unpaired) electrons. The summed E-state index contributed by atoms with van der Waals surface area (Å²) in [5.74, 6) is 0. The first kappa shape index (κ1) is 15.5. The SMILES string of the molecule is CN(C)c1ccc([C@@H](N)CCO)c(Cl)c1.Cl. The average molecular weight is 265 g/mol. The van der Waals surface area contributed by atoms with Gasteiger partial charge in [-0.15, -0.1) is 12.4 Å². The number of hydrogen-bond acceptors (Lipinski definition) is 3. The average Bonchev–Trinajstić information content (AvgIpc) is 2.17. The Morgan fingerprint density at radius 1 is 1.44 bits per heavy atom. The van der Waals surface area contributed by atoms with Crippen LogP contribution in [0.5, 0.6) is 0 Å². The molecule has 0 spiro atoms. The number of nitrogens with zero attached hydrogens (tertiary/aromatic N) is 1. The molecule has 1 aromatic carbocycles. The van der Waals surface area contributed by atoms with Gasteiger partial charge >= 0.3 is 0 Å². The Bertz CT molecular complexity index is 332. The Balaban J connectivity index is 0.00000225. The van der Waals surface area contributed by atoms with Gasteiger partial charge in [0.1, 0.15) is 0 Å². The third kappa shape index (κ3) is 3.83. The topological polar surface area (TPSA) is 49.5 Å². The van der Waals surface area contributed by atoms with E-state index in [1.807, 2.05) is 37.2 Å². The summed E-state index contributed by atoms with van der Waals surface area (Å²) in [5.41, 5.74) is 7.80. The lowest BCUT2D eigenvalue weighted by Crippen LogP contribution is -2.13. The standard InChI is InChI=1S/C11H17ClN2O.ClH/c1-14(2)8-3-4-9(10(12)7-8)11(13)5-6-15;/h3-4,7,11,15H,5-6,13H2,1-2H3;1H/t11-;/m0./s1. The Morgan fingerprint density at radius 2 is 2.06 bits per heavy atom. The molecule has 0 fully saturated rings. The molecule has 0 aliphatic carbocycles. The fourth-order valence-electron chi connectivity index (χ4n) is 1.39. The van der Waals surface area contributed by atoms with Crippen LogP contribution in [0.15, 0.2) is 18.2 Å². The summed E-state index contributed by atoms with van der Waals surface area (Å²) < 4.78 is 0. The molecule has 0 aliphatic rings. The lowest BCUT2D eigenvalue weighted by Gasteiger charge is -2.17. The van der Waals surface area contributed by atoms with Gasteiger partial charge in [-0.2, -0.15) is 0 Å². The Morgan fingerprint density at radius 3 is 2.50 bits per heavy atom. The maximum atomic E-state index is 8.80. The number of halogens is 2. The number of hydrogen-bond donors (Lipinski definition) is 2. The molecular formula is C11H18Cl2N2O. The normalized spacial score (nSPS) is 11.8. The van der Waals surface area contributed by atoms with Gasteiger partial charge in [0, 0.05) is 37.5 Å². The third-order valence-corrected chi connectivity index (χ3v) is 2.67. The monoisotopic (exact) mass is 264 g/mol. The highest BCUT2D eigenvalue weighted by Gasteiger charge is 2.10. The molecule has 0 aromatic heterocycles. The lowest BCUT2D eigenvalue weighted by molar-refractivity contribution is 0.276. The van der Waals surface area contributed by atoms with Crippen molar-refractivity contribution in [2.45, 2.75) is 12.5 Å². The maximum absolute atomic E-state index is 8.80. The van der Waals surface area contributed by atoms with Crippen LogP contribution in [-0.2, 0) is 0 Å². The number of aliphatic hydroxyl groups excluding tert-OH is 1. The third-order valence-electron chi connectivity index (χ3n) is 2.34. The van der Waals surface area contributed by atoms with Crippen LogP contribution in [0.1, 0.15) is 18.0 Å². The van der Waals surface area contributed by atoms with E-state index in [9.17, 15) is 0 Å². The van der Waals surface area contributed by atoms with Crippen molar-refractivity contribution in [3.63, 3.8) is 0 Å². The van der Waals surface area contributed by atoms with Gasteiger partial charge in [0.25, 0.3) is 0 Å². The molecular weight excluding hydrogens is 247 g/mol. The Hall–Kier alpha value is -0.480. The van der Waals surface area contributed by atoms with Crippen molar-refractivity contribution in [3.05, 3.63) is 28.8 Å². The van der Waals surface area contributed by atoms with Gasteiger partial charge in [0.2, 0.25) is 0 Å². The van der Waals surface area contributed by atoms with Crippen molar-refractivity contribution in [1.82, 2.24) is 0 Å². The zero-order valence-corrected chi connectivity index (χ0v) is 11.1. The largest absolute Gasteiger partial charge is 0.396 e. The molecule has 1 aromatic rings. The Kier molecular flexibility index (Phi) is 6.76. The van der Waals surface area contributed by atoms with E-state index < -0.39 is 0 Å². The van der Waals surface area contributed by atoms with Crippen LogP contribution in [0.25, 0.3) is 0 Å². The van der Waals surface area contributed by atoms with Crippen LogP contribution in [0.2, 0.25) is 5.02 Å².